The highest BCUT2D eigenvalue weighted by Gasteiger charge is 2.33. The van der Waals surface area contributed by atoms with Gasteiger partial charge in [0.25, 0.3) is 0 Å². The Hall–Kier alpha value is -1.43. The molecule has 0 unspecified atom stereocenters. The number of alkyl halides is 4. The summed E-state index contributed by atoms with van der Waals surface area (Å²) in [7, 11) is 0. The van der Waals surface area contributed by atoms with Crippen molar-refractivity contribution < 1.29 is 27.8 Å². The highest BCUT2D eigenvalue weighted by Crippen LogP contribution is 2.30. The van der Waals surface area contributed by atoms with Crippen LogP contribution in [0.25, 0.3) is 0 Å². The van der Waals surface area contributed by atoms with Gasteiger partial charge in [0.15, 0.2) is 5.78 Å². The van der Waals surface area contributed by atoms with E-state index in [1.54, 1.807) is 0 Å². The van der Waals surface area contributed by atoms with E-state index >= 15 is 0 Å². The SMILES string of the molecule is O=C(CCCl)c1ccc(O)cc1OC(F)(F)F. The van der Waals surface area contributed by atoms with Crippen LogP contribution in [0.3, 0.4) is 0 Å². The Morgan fingerprint density at radius 1 is 1.41 bits per heavy atom. The van der Waals surface area contributed by atoms with E-state index in [0.717, 1.165) is 18.2 Å². The molecule has 3 nitrogen and oxygen atoms in total. The molecule has 0 aliphatic rings. The minimum absolute atomic E-state index is 0.00876. The molecule has 0 radical (unpaired) electrons. The van der Waals surface area contributed by atoms with Crippen LogP contribution < -0.4 is 4.74 Å². The summed E-state index contributed by atoms with van der Waals surface area (Å²) in [5.74, 6) is -1.75. The molecular formula is C10H8ClF3O3. The van der Waals surface area contributed by atoms with Crippen LogP contribution in [0.1, 0.15) is 16.8 Å². The Morgan fingerprint density at radius 3 is 2.59 bits per heavy atom. The fourth-order valence-corrected chi connectivity index (χ4v) is 1.34. The van der Waals surface area contributed by atoms with Gasteiger partial charge in [0.1, 0.15) is 11.5 Å². The summed E-state index contributed by atoms with van der Waals surface area (Å²) in [5.41, 5.74) is -0.263. The third kappa shape index (κ3) is 4.14. The van der Waals surface area contributed by atoms with Gasteiger partial charge in [0, 0.05) is 18.4 Å². The zero-order valence-electron chi connectivity index (χ0n) is 8.42. The van der Waals surface area contributed by atoms with Crippen LogP contribution in [0.2, 0.25) is 0 Å². The molecule has 1 aromatic carbocycles. The van der Waals surface area contributed by atoms with Crippen LogP contribution >= 0.6 is 11.6 Å². The number of halogens is 4. The first-order chi connectivity index (χ1) is 7.83. The number of ether oxygens (including phenoxy) is 1. The van der Waals surface area contributed by atoms with E-state index in [-0.39, 0.29) is 17.9 Å². The van der Waals surface area contributed by atoms with Crippen molar-refractivity contribution in [2.75, 3.05) is 5.88 Å². The lowest BCUT2D eigenvalue weighted by Gasteiger charge is -2.12. The molecule has 1 N–H and O–H groups in total. The summed E-state index contributed by atoms with van der Waals surface area (Å²) in [6.07, 6.45) is -5.04. The minimum atomic E-state index is -4.93. The number of carbonyl (C=O) groups is 1. The molecule has 7 heteroatoms. The van der Waals surface area contributed by atoms with Gasteiger partial charge in [-0.3, -0.25) is 4.79 Å². The van der Waals surface area contributed by atoms with Crippen molar-refractivity contribution in [3.05, 3.63) is 23.8 Å². The van der Waals surface area contributed by atoms with Gasteiger partial charge in [-0.25, -0.2) is 0 Å². The molecule has 0 fully saturated rings. The lowest BCUT2D eigenvalue weighted by molar-refractivity contribution is -0.274. The molecule has 0 amide bonds. The Kier molecular flexibility index (Phi) is 4.22. The molecule has 0 aromatic heterocycles. The van der Waals surface area contributed by atoms with Crippen molar-refractivity contribution in [2.24, 2.45) is 0 Å². The van der Waals surface area contributed by atoms with Crippen molar-refractivity contribution in [3.63, 3.8) is 0 Å². The maximum atomic E-state index is 12.1. The largest absolute Gasteiger partial charge is 0.573 e. The number of ketones is 1. The van der Waals surface area contributed by atoms with Gasteiger partial charge in [-0.05, 0) is 12.1 Å². The Labute approximate surface area is 99.8 Å². The number of hydrogen-bond acceptors (Lipinski definition) is 3. The molecular weight excluding hydrogens is 261 g/mol. The smallest absolute Gasteiger partial charge is 0.508 e. The number of aromatic hydroxyl groups is 1. The van der Waals surface area contributed by atoms with Gasteiger partial charge in [0.2, 0.25) is 0 Å². The van der Waals surface area contributed by atoms with E-state index < -0.39 is 23.6 Å². The monoisotopic (exact) mass is 268 g/mol. The van der Waals surface area contributed by atoms with Gasteiger partial charge in [-0.1, -0.05) is 0 Å². The molecule has 17 heavy (non-hydrogen) atoms. The average molecular weight is 269 g/mol. The average Bonchev–Trinajstić information content (AvgIpc) is 2.15. The zero-order chi connectivity index (χ0) is 13.1. The lowest BCUT2D eigenvalue weighted by Crippen LogP contribution is -2.19. The van der Waals surface area contributed by atoms with Crippen molar-refractivity contribution in [3.8, 4) is 11.5 Å². The van der Waals surface area contributed by atoms with E-state index in [4.69, 9.17) is 16.7 Å². The number of phenols is 1. The highest BCUT2D eigenvalue weighted by atomic mass is 35.5. The number of phenolic OH excluding ortho intramolecular Hbond substituents is 1. The second kappa shape index (κ2) is 5.27. The number of rotatable bonds is 4. The molecule has 94 valence electrons. The van der Waals surface area contributed by atoms with E-state index in [9.17, 15) is 18.0 Å². The first-order valence-electron chi connectivity index (χ1n) is 4.51. The Balaban J connectivity index is 3.08. The molecule has 1 rings (SSSR count). The third-order valence-electron chi connectivity index (χ3n) is 1.81. The number of carbonyl (C=O) groups excluding carboxylic acids is 1. The van der Waals surface area contributed by atoms with Gasteiger partial charge in [-0.15, -0.1) is 24.8 Å². The van der Waals surface area contributed by atoms with Crippen LogP contribution in [0, 0.1) is 0 Å². The molecule has 0 aliphatic heterocycles. The molecule has 0 saturated heterocycles. The van der Waals surface area contributed by atoms with Crippen LogP contribution in [0.5, 0.6) is 11.5 Å². The Bertz CT molecular complexity index is 418. The summed E-state index contributed by atoms with van der Waals surface area (Å²) in [6, 6.07) is 2.89. The fraction of sp³-hybridized carbons (Fsp3) is 0.300. The molecule has 0 spiro atoms. The fourth-order valence-electron chi connectivity index (χ4n) is 1.17. The third-order valence-corrected chi connectivity index (χ3v) is 2.00. The predicted molar refractivity (Wildman–Crippen MR) is 54.5 cm³/mol. The lowest BCUT2D eigenvalue weighted by atomic mass is 10.1. The first kappa shape index (κ1) is 13.6. The number of Topliss-reactive ketones (excluding diaryl/α,β-unsaturated/α-hetero) is 1. The molecule has 0 bridgehead atoms. The van der Waals surface area contributed by atoms with Crippen molar-refractivity contribution >= 4 is 17.4 Å². The Morgan fingerprint density at radius 2 is 2.06 bits per heavy atom. The van der Waals surface area contributed by atoms with Crippen molar-refractivity contribution in [1.29, 1.82) is 0 Å². The molecule has 0 heterocycles. The minimum Gasteiger partial charge on any atom is -0.508 e. The number of benzene rings is 1. The van der Waals surface area contributed by atoms with E-state index in [1.165, 1.54) is 0 Å². The summed E-state index contributed by atoms with van der Waals surface area (Å²) >= 11 is 5.33. The second-order valence-corrected chi connectivity index (χ2v) is 3.47. The van der Waals surface area contributed by atoms with Crippen molar-refractivity contribution in [2.45, 2.75) is 12.8 Å². The number of hydrogen-bond donors (Lipinski definition) is 1. The maximum Gasteiger partial charge on any atom is 0.573 e. The topological polar surface area (TPSA) is 46.5 Å². The van der Waals surface area contributed by atoms with Crippen LogP contribution in [-0.2, 0) is 0 Å². The summed E-state index contributed by atoms with van der Waals surface area (Å²) in [4.78, 5) is 11.4. The van der Waals surface area contributed by atoms with Crippen LogP contribution in [-0.4, -0.2) is 23.1 Å². The normalized spacial score (nSPS) is 11.3. The predicted octanol–water partition coefficient (Wildman–Crippen LogP) is 3.10. The van der Waals surface area contributed by atoms with Crippen LogP contribution in [0.4, 0.5) is 13.2 Å². The van der Waals surface area contributed by atoms with E-state index in [2.05, 4.69) is 4.74 Å². The highest BCUT2D eigenvalue weighted by molar-refractivity contribution is 6.19. The standard InChI is InChI=1S/C10H8ClF3O3/c11-4-3-8(16)7-2-1-6(15)5-9(7)17-10(12,13)14/h1-2,5,15H,3-4H2. The summed E-state index contributed by atoms with van der Waals surface area (Å²) in [5, 5.41) is 9.06. The van der Waals surface area contributed by atoms with Gasteiger partial charge in [0.05, 0.1) is 5.56 Å². The quantitative estimate of drug-likeness (QED) is 0.674. The second-order valence-electron chi connectivity index (χ2n) is 3.09. The van der Waals surface area contributed by atoms with E-state index in [1.807, 2.05) is 0 Å². The van der Waals surface area contributed by atoms with Crippen LogP contribution in [0.15, 0.2) is 18.2 Å². The molecule has 0 aliphatic carbocycles. The summed E-state index contributed by atoms with van der Waals surface area (Å²) < 4.78 is 39.8. The van der Waals surface area contributed by atoms with Gasteiger partial charge < -0.3 is 9.84 Å². The van der Waals surface area contributed by atoms with E-state index in [0.29, 0.717) is 0 Å². The first-order valence-corrected chi connectivity index (χ1v) is 5.05. The molecule has 1 aromatic rings. The van der Waals surface area contributed by atoms with Crippen molar-refractivity contribution in [1.82, 2.24) is 0 Å². The van der Waals surface area contributed by atoms with Gasteiger partial charge >= 0.3 is 6.36 Å². The summed E-state index contributed by atoms with van der Waals surface area (Å²) in [6.45, 7) is 0. The zero-order valence-corrected chi connectivity index (χ0v) is 9.18. The molecule has 0 atom stereocenters. The maximum absolute atomic E-state index is 12.1. The molecule has 0 saturated carbocycles. The van der Waals surface area contributed by atoms with Gasteiger partial charge in [-0.2, -0.15) is 0 Å².